The van der Waals surface area contributed by atoms with Gasteiger partial charge in [0.05, 0.1) is 13.2 Å². The lowest BCUT2D eigenvalue weighted by atomic mass is 10.0. The van der Waals surface area contributed by atoms with Gasteiger partial charge in [0.2, 0.25) is 15.9 Å². The van der Waals surface area contributed by atoms with Gasteiger partial charge in [-0.15, -0.1) is 0 Å². The van der Waals surface area contributed by atoms with Crippen molar-refractivity contribution in [2.75, 3.05) is 26.7 Å². The Morgan fingerprint density at radius 1 is 1.35 bits per heavy atom. The van der Waals surface area contributed by atoms with Crippen LogP contribution >= 0.6 is 0 Å². The normalized spacial score (nSPS) is 23.4. The molecule has 1 aromatic carbocycles. The van der Waals surface area contributed by atoms with Gasteiger partial charge in [0, 0.05) is 37.5 Å². The van der Waals surface area contributed by atoms with Crippen LogP contribution in [0.5, 0.6) is 5.75 Å². The second-order valence-corrected chi connectivity index (χ2v) is 12.0. The standard InChI is InChI=1S/C25H36N2O6S/c1-17-14-27(18(2)16-28)34(31,32)23-9-8-20(10-11-25(3,4)30)12-21(23)33-22(17)15-26(5)24(29)13-19-6-7-19/h8-9,12,17-19,22,28,30H,6-7,13-16H2,1-5H3/t17-,18+,22+/m0/s1. The fourth-order valence-electron chi connectivity index (χ4n) is 3.84. The smallest absolute Gasteiger partial charge is 0.247 e. The molecule has 3 atom stereocenters. The first-order chi connectivity index (χ1) is 15.8. The fraction of sp³-hybridized carbons (Fsp3) is 0.640. The van der Waals surface area contributed by atoms with E-state index in [2.05, 4.69) is 11.8 Å². The minimum Gasteiger partial charge on any atom is -0.487 e. The zero-order valence-corrected chi connectivity index (χ0v) is 21.4. The Kier molecular flexibility index (Phi) is 7.98. The summed E-state index contributed by atoms with van der Waals surface area (Å²) in [5.41, 5.74) is -0.699. The number of hydrogen-bond acceptors (Lipinski definition) is 6. The van der Waals surface area contributed by atoms with E-state index in [1.165, 1.54) is 10.4 Å². The predicted molar refractivity (Wildman–Crippen MR) is 129 cm³/mol. The summed E-state index contributed by atoms with van der Waals surface area (Å²) in [4.78, 5) is 14.3. The van der Waals surface area contributed by atoms with Crippen LogP contribution in [0, 0.1) is 23.7 Å². The van der Waals surface area contributed by atoms with Gasteiger partial charge in [0.1, 0.15) is 22.4 Å². The van der Waals surface area contributed by atoms with Crippen LogP contribution in [0.3, 0.4) is 0 Å². The highest BCUT2D eigenvalue weighted by atomic mass is 32.2. The number of aliphatic hydroxyl groups is 2. The second-order valence-electron chi connectivity index (χ2n) is 10.1. The number of aliphatic hydroxyl groups excluding tert-OH is 1. The maximum Gasteiger partial charge on any atom is 0.247 e. The van der Waals surface area contributed by atoms with E-state index in [-0.39, 0.29) is 35.6 Å². The van der Waals surface area contributed by atoms with Crippen LogP contribution in [0.2, 0.25) is 0 Å². The van der Waals surface area contributed by atoms with Crippen molar-refractivity contribution in [2.45, 2.75) is 69.6 Å². The summed E-state index contributed by atoms with van der Waals surface area (Å²) in [6, 6.07) is 3.96. The van der Waals surface area contributed by atoms with Crippen molar-refractivity contribution in [1.29, 1.82) is 0 Å². The molecule has 34 heavy (non-hydrogen) atoms. The predicted octanol–water partition coefficient (Wildman–Crippen LogP) is 1.84. The zero-order chi connectivity index (χ0) is 25.3. The molecule has 3 rings (SSSR count). The molecule has 1 aliphatic carbocycles. The highest BCUT2D eigenvalue weighted by Gasteiger charge is 2.38. The Labute approximate surface area is 202 Å². The molecule has 0 unspecified atom stereocenters. The third kappa shape index (κ3) is 6.51. The maximum absolute atomic E-state index is 13.5. The van der Waals surface area contributed by atoms with E-state index in [9.17, 15) is 23.4 Å². The third-order valence-electron chi connectivity index (χ3n) is 6.22. The van der Waals surface area contributed by atoms with Gasteiger partial charge in [-0.25, -0.2) is 8.42 Å². The van der Waals surface area contributed by atoms with E-state index in [0.29, 0.717) is 24.4 Å². The first-order valence-corrected chi connectivity index (χ1v) is 13.2. The van der Waals surface area contributed by atoms with E-state index in [0.717, 1.165) is 12.8 Å². The van der Waals surface area contributed by atoms with Crippen molar-refractivity contribution in [3.63, 3.8) is 0 Å². The minimum atomic E-state index is -3.95. The molecule has 1 amide bonds. The number of carbonyl (C=O) groups is 1. The zero-order valence-electron chi connectivity index (χ0n) is 20.6. The van der Waals surface area contributed by atoms with E-state index in [4.69, 9.17) is 4.74 Å². The number of benzene rings is 1. The molecule has 1 saturated carbocycles. The van der Waals surface area contributed by atoms with E-state index in [1.54, 1.807) is 44.9 Å². The molecule has 2 N–H and O–H groups in total. The van der Waals surface area contributed by atoms with Crippen LogP contribution in [0.4, 0.5) is 0 Å². The molecule has 1 heterocycles. The van der Waals surface area contributed by atoms with Crippen molar-refractivity contribution in [3.8, 4) is 17.6 Å². The molecule has 1 fully saturated rings. The fourth-order valence-corrected chi connectivity index (χ4v) is 5.67. The molecule has 0 bridgehead atoms. The number of carbonyl (C=O) groups excluding carboxylic acids is 1. The maximum atomic E-state index is 13.5. The summed E-state index contributed by atoms with van der Waals surface area (Å²) in [5, 5.41) is 19.7. The number of nitrogens with zero attached hydrogens (tertiary/aromatic N) is 2. The number of likely N-dealkylation sites (N-methyl/N-ethyl adjacent to an activating group) is 1. The first-order valence-electron chi connectivity index (χ1n) is 11.7. The highest BCUT2D eigenvalue weighted by Crippen LogP contribution is 2.35. The van der Waals surface area contributed by atoms with Crippen LogP contribution < -0.4 is 4.74 Å². The van der Waals surface area contributed by atoms with Gasteiger partial charge >= 0.3 is 0 Å². The summed E-state index contributed by atoms with van der Waals surface area (Å²) < 4.78 is 34.6. The second kappa shape index (κ2) is 10.2. The van der Waals surface area contributed by atoms with Gasteiger partial charge in [-0.3, -0.25) is 4.79 Å². The average Bonchev–Trinajstić information content (AvgIpc) is 3.57. The Hall–Kier alpha value is -2.12. The van der Waals surface area contributed by atoms with Crippen LogP contribution in [0.25, 0.3) is 0 Å². The number of rotatable bonds is 6. The highest BCUT2D eigenvalue weighted by molar-refractivity contribution is 7.89. The molecule has 0 spiro atoms. The first kappa shape index (κ1) is 26.5. The molecular weight excluding hydrogens is 456 g/mol. The lowest BCUT2D eigenvalue weighted by Crippen LogP contribution is -2.50. The van der Waals surface area contributed by atoms with Crippen molar-refractivity contribution in [1.82, 2.24) is 9.21 Å². The van der Waals surface area contributed by atoms with E-state index in [1.807, 2.05) is 6.92 Å². The van der Waals surface area contributed by atoms with Crippen molar-refractivity contribution in [2.24, 2.45) is 11.8 Å². The van der Waals surface area contributed by atoms with E-state index < -0.39 is 27.8 Å². The Balaban J connectivity index is 2.00. The molecular formula is C25H36N2O6S. The Bertz CT molecular complexity index is 1070. The van der Waals surface area contributed by atoms with Gasteiger partial charge in [0.25, 0.3) is 0 Å². The quantitative estimate of drug-likeness (QED) is 0.587. The molecule has 9 heteroatoms. The van der Waals surface area contributed by atoms with E-state index >= 15 is 0 Å². The summed E-state index contributed by atoms with van der Waals surface area (Å²) in [6.07, 6.45) is 2.23. The lowest BCUT2D eigenvalue weighted by Gasteiger charge is -2.37. The molecule has 188 valence electrons. The topological polar surface area (TPSA) is 107 Å². The number of hydrogen-bond donors (Lipinski definition) is 2. The largest absolute Gasteiger partial charge is 0.487 e. The third-order valence-corrected chi connectivity index (χ3v) is 8.24. The monoisotopic (exact) mass is 492 g/mol. The molecule has 0 aromatic heterocycles. The average molecular weight is 493 g/mol. The molecule has 0 radical (unpaired) electrons. The van der Waals surface area contributed by atoms with Gasteiger partial charge in [0.15, 0.2) is 0 Å². The van der Waals surface area contributed by atoms with Crippen LogP contribution in [0.1, 0.15) is 52.5 Å². The number of sulfonamides is 1. The van der Waals surface area contributed by atoms with Gasteiger partial charge in [-0.1, -0.05) is 18.8 Å². The molecule has 2 aliphatic rings. The molecule has 8 nitrogen and oxygen atoms in total. The van der Waals surface area contributed by atoms with Gasteiger partial charge in [-0.2, -0.15) is 4.31 Å². The number of ether oxygens (including phenoxy) is 1. The van der Waals surface area contributed by atoms with Crippen molar-refractivity contribution < 1.29 is 28.2 Å². The summed E-state index contributed by atoms with van der Waals surface area (Å²) >= 11 is 0. The molecule has 1 aromatic rings. The van der Waals surface area contributed by atoms with Crippen LogP contribution in [-0.4, -0.2) is 78.2 Å². The van der Waals surface area contributed by atoms with Crippen molar-refractivity contribution >= 4 is 15.9 Å². The van der Waals surface area contributed by atoms with Gasteiger partial charge in [-0.05, 0) is 57.7 Å². The molecule has 1 aliphatic heterocycles. The molecule has 0 saturated heterocycles. The summed E-state index contributed by atoms with van der Waals surface area (Å²) in [7, 11) is -2.21. The Morgan fingerprint density at radius 2 is 2.03 bits per heavy atom. The van der Waals surface area contributed by atoms with Crippen LogP contribution in [0.15, 0.2) is 23.1 Å². The summed E-state index contributed by atoms with van der Waals surface area (Å²) in [6.45, 7) is 6.83. The number of fused-ring (bicyclic) bond motifs is 1. The lowest BCUT2D eigenvalue weighted by molar-refractivity contribution is -0.131. The van der Waals surface area contributed by atoms with Gasteiger partial charge < -0.3 is 19.8 Å². The SMILES string of the molecule is C[C@H](CO)N1C[C@H](C)[C@@H](CN(C)C(=O)CC2CC2)Oc2cc(C#CC(C)(C)O)ccc2S1(=O)=O. The number of amides is 1. The van der Waals surface area contributed by atoms with Crippen LogP contribution in [-0.2, 0) is 14.8 Å². The minimum absolute atomic E-state index is 0.00883. The Morgan fingerprint density at radius 3 is 2.62 bits per heavy atom. The summed E-state index contributed by atoms with van der Waals surface area (Å²) in [5.74, 6) is 6.01. The van der Waals surface area contributed by atoms with Crippen molar-refractivity contribution in [3.05, 3.63) is 23.8 Å².